The van der Waals surface area contributed by atoms with E-state index in [1.54, 1.807) is 6.07 Å². The Morgan fingerprint density at radius 3 is 2.62 bits per heavy atom. The maximum absolute atomic E-state index is 13.3. The molecule has 0 saturated carbocycles. The van der Waals surface area contributed by atoms with E-state index in [2.05, 4.69) is 26.1 Å². The zero-order valence-corrected chi connectivity index (χ0v) is 13.2. The predicted octanol–water partition coefficient (Wildman–Crippen LogP) is 4.28. The molecule has 0 radical (unpaired) electrons. The summed E-state index contributed by atoms with van der Waals surface area (Å²) in [5.41, 5.74) is 0.702. The van der Waals surface area contributed by atoms with Gasteiger partial charge < -0.3 is 14.5 Å². The van der Waals surface area contributed by atoms with E-state index in [-0.39, 0.29) is 18.0 Å². The summed E-state index contributed by atoms with van der Waals surface area (Å²) < 4.78 is 25.1. The topological polar surface area (TPSA) is 34.4 Å². The molecule has 3 nitrogen and oxygen atoms in total. The Morgan fingerprint density at radius 1 is 1.24 bits per heavy atom. The lowest BCUT2D eigenvalue weighted by Gasteiger charge is -2.29. The average Bonchev–Trinajstić information content (AvgIpc) is 2.85. The minimum atomic E-state index is -0.250. The van der Waals surface area contributed by atoms with Crippen LogP contribution in [0.5, 0.6) is 0 Å². The Kier molecular flexibility index (Phi) is 5.37. The molecule has 2 atom stereocenters. The van der Waals surface area contributed by atoms with Crippen molar-refractivity contribution in [3.63, 3.8) is 0 Å². The lowest BCUT2D eigenvalue weighted by atomic mass is 9.97. The standard InChI is InChI=1S/C17H24FNO2/c1-5-19-16(17(11(3)4)20-6-2)15-10-12-9-13(18)7-8-14(12)21-15/h7-11,16-17,19H,5-6H2,1-4H3. The summed E-state index contributed by atoms with van der Waals surface area (Å²) >= 11 is 0. The molecule has 2 rings (SSSR count). The number of furan rings is 1. The van der Waals surface area contributed by atoms with Gasteiger partial charge in [-0.2, -0.15) is 0 Å². The molecule has 0 fully saturated rings. The molecule has 21 heavy (non-hydrogen) atoms. The highest BCUT2D eigenvalue weighted by Gasteiger charge is 2.28. The smallest absolute Gasteiger partial charge is 0.134 e. The lowest BCUT2D eigenvalue weighted by molar-refractivity contribution is -0.00150. The Bertz CT molecular complexity index is 579. The zero-order valence-electron chi connectivity index (χ0n) is 13.2. The van der Waals surface area contributed by atoms with Crippen LogP contribution in [0.25, 0.3) is 11.0 Å². The summed E-state index contributed by atoms with van der Waals surface area (Å²) in [5.74, 6) is 0.892. The number of halogens is 1. The average molecular weight is 293 g/mol. The normalized spacial score (nSPS) is 14.8. The first-order valence-electron chi connectivity index (χ1n) is 7.60. The number of hydrogen-bond acceptors (Lipinski definition) is 3. The first-order chi connectivity index (χ1) is 10.1. The Labute approximate surface area is 125 Å². The maximum Gasteiger partial charge on any atom is 0.134 e. The number of hydrogen-bond donors (Lipinski definition) is 1. The Balaban J connectivity index is 2.38. The van der Waals surface area contributed by atoms with Crippen LogP contribution in [0, 0.1) is 11.7 Å². The molecule has 0 amide bonds. The largest absolute Gasteiger partial charge is 0.459 e. The van der Waals surface area contributed by atoms with E-state index in [9.17, 15) is 4.39 Å². The van der Waals surface area contributed by atoms with Crippen LogP contribution < -0.4 is 5.32 Å². The molecule has 0 aliphatic heterocycles. The first kappa shape index (κ1) is 16.0. The highest BCUT2D eigenvalue weighted by Crippen LogP contribution is 2.30. The van der Waals surface area contributed by atoms with Crippen molar-refractivity contribution in [2.24, 2.45) is 5.92 Å². The second-order valence-electron chi connectivity index (χ2n) is 5.53. The first-order valence-corrected chi connectivity index (χ1v) is 7.60. The van der Waals surface area contributed by atoms with Gasteiger partial charge in [0.1, 0.15) is 17.2 Å². The SMILES string of the molecule is CCNC(c1cc2cc(F)ccc2o1)C(OCC)C(C)C. The minimum absolute atomic E-state index is 0.0142. The number of benzene rings is 1. The van der Waals surface area contributed by atoms with Crippen molar-refractivity contribution >= 4 is 11.0 Å². The fourth-order valence-electron chi connectivity index (χ4n) is 2.65. The van der Waals surface area contributed by atoms with Gasteiger partial charge in [0.05, 0.1) is 12.1 Å². The van der Waals surface area contributed by atoms with Crippen molar-refractivity contribution in [1.29, 1.82) is 0 Å². The fraction of sp³-hybridized carbons (Fsp3) is 0.529. The molecule has 2 aromatic rings. The van der Waals surface area contributed by atoms with Gasteiger partial charge in [-0.25, -0.2) is 4.39 Å². The second-order valence-corrected chi connectivity index (χ2v) is 5.53. The quantitative estimate of drug-likeness (QED) is 0.827. The monoisotopic (exact) mass is 293 g/mol. The van der Waals surface area contributed by atoms with Crippen molar-refractivity contribution in [1.82, 2.24) is 5.32 Å². The molecular formula is C17H24FNO2. The maximum atomic E-state index is 13.3. The molecule has 1 heterocycles. The molecular weight excluding hydrogens is 269 g/mol. The predicted molar refractivity (Wildman–Crippen MR) is 82.8 cm³/mol. The van der Waals surface area contributed by atoms with E-state index in [4.69, 9.17) is 9.15 Å². The van der Waals surface area contributed by atoms with E-state index in [0.29, 0.717) is 18.1 Å². The number of rotatable bonds is 7. The van der Waals surface area contributed by atoms with Gasteiger partial charge in [-0.15, -0.1) is 0 Å². The molecule has 0 aliphatic carbocycles. The van der Waals surface area contributed by atoms with Crippen molar-refractivity contribution in [3.05, 3.63) is 35.8 Å². The number of fused-ring (bicyclic) bond motifs is 1. The van der Waals surface area contributed by atoms with Gasteiger partial charge in [-0.1, -0.05) is 20.8 Å². The molecule has 0 aliphatic rings. The number of likely N-dealkylation sites (N-methyl/N-ethyl adjacent to an activating group) is 1. The van der Waals surface area contributed by atoms with Crippen LogP contribution in [0.3, 0.4) is 0 Å². The van der Waals surface area contributed by atoms with Crippen LogP contribution in [0.15, 0.2) is 28.7 Å². The van der Waals surface area contributed by atoms with Gasteiger partial charge in [0.15, 0.2) is 0 Å². The number of nitrogens with one attached hydrogen (secondary N) is 1. The van der Waals surface area contributed by atoms with Gasteiger partial charge in [0, 0.05) is 12.0 Å². The summed E-state index contributed by atoms with van der Waals surface area (Å²) in [5, 5.41) is 4.21. The zero-order chi connectivity index (χ0) is 15.4. The summed E-state index contributed by atoms with van der Waals surface area (Å²) in [6.45, 7) is 9.77. The molecule has 1 aromatic heterocycles. The van der Waals surface area contributed by atoms with Crippen LogP contribution >= 0.6 is 0 Å². The highest BCUT2D eigenvalue weighted by molar-refractivity contribution is 5.78. The minimum Gasteiger partial charge on any atom is -0.459 e. The van der Waals surface area contributed by atoms with E-state index in [1.165, 1.54) is 12.1 Å². The summed E-state index contributed by atoms with van der Waals surface area (Å²) in [4.78, 5) is 0. The third-order valence-corrected chi connectivity index (χ3v) is 3.57. The van der Waals surface area contributed by atoms with Crippen molar-refractivity contribution in [3.8, 4) is 0 Å². The van der Waals surface area contributed by atoms with Crippen LogP contribution in [-0.4, -0.2) is 19.3 Å². The van der Waals surface area contributed by atoms with E-state index < -0.39 is 0 Å². The Morgan fingerprint density at radius 2 is 2.00 bits per heavy atom. The molecule has 0 bridgehead atoms. The molecule has 1 N–H and O–H groups in total. The van der Waals surface area contributed by atoms with Crippen LogP contribution in [-0.2, 0) is 4.74 Å². The van der Waals surface area contributed by atoms with Gasteiger partial charge >= 0.3 is 0 Å². The van der Waals surface area contributed by atoms with Crippen LogP contribution in [0.4, 0.5) is 4.39 Å². The molecule has 1 aromatic carbocycles. The van der Waals surface area contributed by atoms with Gasteiger partial charge in [-0.3, -0.25) is 0 Å². The molecule has 116 valence electrons. The summed E-state index contributed by atoms with van der Waals surface area (Å²) in [6.07, 6.45) is 0.0142. The highest BCUT2D eigenvalue weighted by atomic mass is 19.1. The van der Waals surface area contributed by atoms with Crippen molar-refractivity contribution < 1.29 is 13.5 Å². The fourth-order valence-corrected chi connectivity index (χ4v) is 2.65. The van der Waals surface area contributed by atoms with E-state index >= 15 is 0 Å². The van der Waals surface area contributed by atoms with Gasteiger partial charge in [0.2, 0.25) is 0 Å². The van der Waals surface area contributed by atoms with Gasteiger partial charge in [-0.05, 0) is 43.7 Å². The van der Waals surface area contributed by atoms with Crippen LogP contribution in [0.2, 0.25) is 0 Å². The molecule has 4 heteroatoms. The van der Waals surface area contributed by atoms with Crippen molar-refractivity contribution in [2.75, 3.05) is 13.2 Å². The van der Waals surface area contributed by atoms with E-state index in [1.807, 2.05) is 13.0 Å². The number of ether oxygens (including phenoxy) is 1. The van der Waals surface area contributed by atoms with Crippen molar-refractivity contribution in [2.45, 2.75) is 39.8 Å². The second kappa shape index (κ2) is 7.05. The third kappa shape index (κ3) is 3.63. The van der Waals surface area contributed by atoms with E-state index in [0.717, 1.165) is 17.7 Å². The molecule has 2 unspecified atom stereocenters. The molecule has 0 saturated heterocycles. The van der Waals surface area contributed by atoms with Gasteiger partial charge in [0.25, 0.3) is 0 Å². The summed E-state index contributed by atoms with van der Waals surface area (Å²) in [7, 11) is 0. The molecule has 0 spiro atoms. The Hall–Kier alpha value is -1.39. The summed E-state index contributed by atoms with van der Waals surface area (Å²) in [6, 6.07) is 6.45. The third-order valence-electron chi connectivity index (χ3n) is 3.57. The lowest BCUT2D eigenvalue weighted by Crippen LogP contribution is -2.37. The van der Waals surface area contributed by atoms with Crippen LogP contribution in [0.1, 0.15) is 39.5 Å².